The van der Waals surface area contributed by atoms with Crippen molar-refractivity contribution in [2.45, 2.75) is 20.4 Å². The van der Waals surface area contributed by atoms with Crippen LogP contribution in [0.1, 0.15) is 19.5 Å². The Morgan fingerprint density at radius 1 is 1.46 bits per heavy atom. The van der Waals surface area contributed by atoms with E-state index in [1.54, 1.807) is 6.20 Å². The number of nitrogens with zero attached hydrogens (tertiary/aromatic N) is 1. The lowest BCUT2D eigenvalue weighted by atomic mass is 10.3. The van der Waals surface area contributed by atoms with Crippen LogP contribution in [0.4, 0.5) is 0 Å². The standard InChI is InChI=1S/C8H10N2O.C2H6/c11-6-5-9-7-8-3-1-2-4-10-8;1-2/h1-4,6,9H,5,7H2;1-2H3. The van der Waals surface area contributed by atoms with Crippen molar-refractivity contribution in [1.82, 2.24) is 10.3 Å². The minimum absolute atomic E-state index is 0.385. The van der Waals surface area contributed by atoms with Crippen LogP contribution in [0.25, 0.3) is 0 Å². The highest BCUT2D eigenvalue weighted by Crippen LogP contribution is 1.90. The number of rotatable bonds is 4. The number of hydrogen-bond donors (Lipinski definition) is 1. The van der Waals surface area contributed by atoms with E-state index in [1.807, 2.05) is 32.0 Å². The van der Waals surface area contributed by atoms with Gasteiger partial charge in [0, 0.05) is 12.7 Å². The van der Waals surface area contributed by atoms with E-state index in [1.165, 1.54) is 0 Å². The van der Waals surface area contributed by atoms with E-state index >= 15 is 0 Å². The van der Waals surface area contributed by atoms with E-state index in [9.17, 15) is 4.79 Å². The van der Waals surface area contributed by atoms with Crippen LogP contribution in [0, 0.1) is 0 Å². The lowest BCUT2D eigenvalue weighted by Crippen LogP contribution is -2.15. The molecular weight excluding hydrogens is 164 g/mol. The van der Waals surface area contributed by atoms with Crippen molar-refractivity contribution in [3.63, 3.8) is 0 Å². The fraction of sp³-hybridized carbons (Fsp3) is 0.400. The number of pyridine rings is 1. The third-order valence-corrected chi connectivity index (χ3v) is 1.26. The molecule has 0 aliphatic carbocycles. The van der Waals surface area contributed by atoms with Gasteiger partial charge in [-0.2, -0.15) is 0 Å². The summed E-state index contributed by atoms with van der Waals surface area (Å²) in [6, 6.07) is 5.70. The second-order valence-corrected chi connectivity index (χ2v) is 2.12. The van der Waals surface area contributed by atoms with Gasteiger partial charge < -0.3 is 10.1 Å². The van der Waals surface area contributed by atoms with Gasteiger partial charge in [0.05, 0.1) is 12.2 Å². The van der Waals surface area contributed by atoms with Gasteiger partial charge in [0.1, 0.15) is 6.29 Å². The SMILES string of the molecule is CC.O=CCNCc1ccccn1. The maximum Gasteiger partial charge on any atom is 0.133 e. The largest absolute Gasteiger partial charge is 0.305 e. The van der Waals surface area contributed by atoms with Crippen LogP contribution in [0.5, 0.6) is 0 Å². The minimum Gasteiger partial charge on any atom is -0.305 e. The first-order valence-corrected chi connectivity index (χ1v) is 4.48. The number of carbonyl (C=O) groups excluding carboxylic acids is 1. The molecule has 1 N–H and O–H groups in total. The van der Waals surface area contributed by atoms with Crippen molar-refractivity contribution in [3.8, 4) is 0 Å². The summed E-state index contributed by atoms with van der Waals surface area (Å²) >= 11 is 0. The maximum absolute atomic E-state index is 9.91. The monoisotopic (exact) mass is 180 g/mol. The van der Waals surface area contributed by atoms with Crippen molar-refractivity contribution in [1.29, 1.82) is 0 Å². The van der Waals surface area contributed by atoms with Gasteiger partial charge in [-0.1, -0.05) is 19.9 Å². The molecule has 0 radical (unpaired) electrons. The van der Waals surface area contributed by atoms with E-state index in [4.69, 9.17) is 0 Å². The van der Waals surface area contributed by atoms with Gasteiger partial charge in [-0.3, -0.25) is 4.98 Å². The second-order valence-electron chi connectivity index (χ2n) is 2.12. The van der Waals surface area contributed by atoms with Gasteiger partial charge in [-0.25, -0.2) is 0 Å². The van der Waals surface area contributed by atoms with E-state index in [0.29, 0.717) is 13.1 Å². The number of hydrogen-bond acceptors (Lipinski definition) is 3. The average Bonchev–Trinajstić information content (AvgIpc) is 2.23. The summed E-state index contributed by atoms with van der Waals surface area (Å²) in [6.45, 7) is 5.04. The zero-order chi connectivity index (χ0) is 9.94. The first-order valence-electron chi connectivity index (χ1n) is 4.48. The number of nitrogens with one attached hydrogen (secondary N) is 1. The summed E-state index contributed by atoms with van der Waals surface area (Å²) in [6.07, 6.45) is 2.57. The van der Waals surface area contributed by atoms with Crippen LogP contribution in [0.3, 0.4) is 0 Å². The molecule has 0 bridgehead atoms. The Morgan fingerprint density at radius 2 is 2.23 bits per heavy atom. The van der Waals surface area contributed by atoms with Gasteiger partial charge in [0.2, 0.25) is 0 Å². The molecule has 3 nitrogen and oxygen atoms in total. The van der Waals surface area contributed by atoms with Crippen molar-refractivity contribution in [3.05, 3.63) is 30.1 Å². The molecule has 0 aliphatic rings. The van der Waals surface area contributed by atoms with Crippen molar-refractivity contribution >= 4 is 6.29 Å². The zero-order valence-corrected chi connectivity index (χ0v) is 8.16. The predicted molar refractivity (Wildman–Crippen MR) is 53.4 cm³/mol. The lowest BCUT2D eigenvalue weighted by Gasteiger charge is -1.97. The summed E-state index contributed by atoms with van der Waals surface area (Å²) in [4.78, 5) is 14.0. The molecule has 3 heteroatoms. The Hall–Kier alpha value is -1.22. The quantitative estimate of drug-likeness (QED) is 0.562. The topological polar surface area (TPSA) is 42.0 Å². The summed E-state index contributed by atoms with van der Waals surface area (Å²) in [5, 5.41) is 2.92. The van der Waals surface area contributed by atoms with Crippen LogP contribution in [-0.4, -0.2) is 17.8 Å². The first-order chi connectivity index (χ1) is 6.43. The molecule has 1 aromatic rings. The molecule has 0 atom stereocenters. The van der Waals surface area contributed by atoms with E-state index in [-0.39, 0.29) is 0 Å². The van der Waals surface area contributed by atoms with Gasteiger partial charge in [0.15, 0.2) is 0 Å². The van der Waals surface area contributed by atoms with Crippen LogP contribution in [0.15, 0.2) is 24.4 Å². The molecular formula is C10H16N2O. The first kappa shape index (κ1) is 11.8. The zero-order valence-electron chi connectivity index (χ0n) is 8.16. The summed E-state index contributed by atoms with van der Waals surface area (Å²) < 4.78 is 0. The average molecular weight is 180 g/mol. The van der Waals surface area contributed by atoms with Crippen LogP contribution < -0.4 is 5.32 Å². The lowest BCUT2D eigenvalue weighted by molar-refractivity contribution is -0.107. The number of aldehydes is 1. The second kappa shape index (κ2) is 8.87. The molecule has 72 valence electrons. The smallest absolute Gasteiger partial charge is 0.133 e. The van der Waals surface area contributed by atoms with Gasteiger partial charge >= 0.3 is 0 Å². The minimum atomic E-state index is 0.385. The summed E-state index contributed by atoms with van der Waals surface area (Å²) in [5.74, 6) is 0. The predicted octanol–water partition coefficient (Wildman–Crippen LogP) is 1.40. The highest BCUT2D eigenvalue weighted by molar-refractivity contribution is 5.51. The summed E-state index contributed by atoms with van der Waals surface area (Å²) in [5.41, 5.74) is 0.953. The van der Waals surface area contributed by atoms with Gasteiger partial charge in [0.25, 0.3) is 0 Å². The van der Waals surface area contributed by atoms with Crippen LogP contribution in [0.2, 0.25) is 0 Å². The molecule has 1 aromatic heterocycles. The Bertz CT molecular complexity index is 211. The van der Waals surface area contributed by atoms with Crippen molar-refractivity contribution < 1.29 is 4.79 Å². The summed E-state index contributed by atoms with van der Waals surface area (Å²) in [7, 11) is 0. The van der Waals surface area contributed by atoms with E-state index in [0.717, 1.165) is 12.0 Å². The highest BCUT2D eigenvalue weighted by Gasteiger charge is 1.89. The normalized spacial score (nSPS) is 8.46. The molecule has 0 saturated carbocycles. The van der Waals surface area contributed by atoms with Crippen LogP contribution in [-0.2, 0) is 11.3 Å². The third-order valence-electron chi connectivity index (χ3n) is 1.26. The molecule has 0 amide bonds. The molecule has 13 heavy (non-hydrogen) atoms. The molecule has 0 unspecified atom stereocenters. The third kappa shape index (κ3) is 5.99. The highest BCUT2D eigenvalue weighted by atomic mass is 16.1. The fourth-order valence-corrected chi connectivity index (χ4v) is 0.762. The molecule has 1 rings (SSSR count). The molecule has 0 aromatic carbocycles. The van der Waals surface area contributed by atoms with E-state index in [2.05, 4.69) is 10.3 Å². The Morgan fingerprint density at radius 3 is 2.77 bits per heavy atom. The molecule has 1 heterocycles. The Kier molecular flexibility index (Phi) is 8.04. The fourth-order valence-electron chi connectivity index (χ4n) is 0.762. The molecule has 0 saturated heterocycles. The molecule has 0 aliphatic heterocycles. The maximum atomic E-state index is 9.91. The van der Waals surface area contributed by atoms with Crippen molar-refractivity contribution in [2.24, 2.45) is 0 Å². The Balaban J connectivity index is 0.000000671. The van der Waals surface area contributed by atoms with Gasteiger partial charge in [-0.15, -0.1) is 0 Å². The van der Waals surface area contributed by atoms with Gasteiger partial charge in [-0.05, 0) is 12.1 Å². The molecule has 0 spiro atoms. The number of carbonyl (C=O) groups is 1. The Labute approximate surface area is 79.2 Å². The van der Waals surface area contributed by atoms with E-state index < -0.39 is 0 Å². The molecule has 0 fully saturated rings. The van der Waals surface area contributed by atoms with Crippen LogP contribution >= 0.6 is 0 Å². The van der Waals surface area contributed by atoms with Crippen molar-refractivity contribution in [2.75, 3.05) is 6.54 Å². The number of aromatic nitrogens is 1.